The number of anilines is 1. The smallest absolute Gasteiger partial charge is 0.277 e. The largest absolute Gasteiger partial charge is 0.484 e. The van der Waals surface area contributed by atoms with Crippen molar-refractivity contribution in [1.29, 1.82) is 0 Å². The maximum absolute atomic E-state index is 12.2. The maximum atomic E-state index is 12.2. The van der Waals surface area contributed by atoms with Crippen LogP contribution in [0.25, 0.3) is 0 Å². The SMILES string of the molecule is Cc1ccc(C)c(OCc2nnc(SCC(=O)Nc3ccc(C(C)(C)C)cc3)o2)c1. The van der Waals surface area contributed by atoms with Crippen LogP contribution in [0, 0.1) is 13.8 Å². The quantitative estimate of drug-likeness (QED) is 0.518. The van der Waals surface area contributed by atoms with Gasteiger partial charge in [-0.05, 0) is 54.2 Å². The molecule has 0 aliphatic heterocycles. The average Bonchev–Trinajstić information content (AvgIpc) is 3.15. The number of aryl methyl sites for hydroxylation is 2. The van der Waals surface area contributed by atoms with Gasteiger partial charge in [-0.2, -0.15) is 0 Å². The molecule has 1 amide bonds. The molecule has 0 saturated carbocycles. The molecule has 2 aromatic carbocycles. The molecular formula is C23H27N3O3S. The number of ether oxygens (including phenoxy) is 1. The van der Waals surface area contributed by atoms with Crippen molar-refractivity contribution in [2.24, 2.45) is 0 Å². The minimum Gasteiger partial charge on any atom is -0.484 e. The molecule has 0 unspecified atom stereocenters. The lowest BCUT2D eigenvalue weighted by molar-refractivity contribution is -0.113. The Labute approximate surface area is 181 Å². The second-order valence-corrected chi connectivity index (χ2v) is 9.11. The molecule has 0 aliphatic rings. The summed E-state index contributed by atoms with van der Waals surface area (Å²) in [6, 6.07) is 13.9. The summed E-state index contributed by atoms with van der Waals surface area (Å²) in [5, 5.41) is 11.2. The van der Waals surface area contributed by atoms with Gasteiger partial charge < -0.3 is 14.5 Å². The molecule has 0 spiro atoms. The van der Waals surface area contributed by atoms with Gasteiger partial charge in [-0.1, -0.05) is 56.8 Å². The first kappa shape index (κ1) is 21.9. The van der Waals surface area contributed by atoms with Gasteiger partial charge in [0.25, 0.3) is 11.1 Å². The highest BCUT2D eigenvalue weighted by Crippen LogP contribution is 2.24. The van der Waals surface area contributed by atoms with E-state index in [1.54, 1.807) is 0 Å². The van der Waals surface area contributed by atoms with Crippen LogP contribution >= 0.6 is 11.8 Å². The number of nitrogens with one attached hydrogen (secondary N) is 1. The van der Waals surface area contributed by atoms with Crippen molar-refractivity contribution in [2.45, 2.75) is 51.9 Å². The summed E-state index contributed by atoms with van der Waals surface area (Å²) in [6.07, 6.45) is 0. The molecule has 7 heteroatoms. The van der Waals surface area contributed by atoms with Crippen LogP contribution in [0.15, 0.2) is 52.1 Å². The van der Waals surface area contributed by atoms with Gasteiger partial charge in [0.15, 0.2) is 6.61 Å². The molecule has 0 radical (unpaired) electrons. The van der Waals surface area contributed by atoms with E-state index in [9.17, 15) is 4.79 Å². The van der Waals surface area contributed by atoms with Crippen molar-refractivity contribution >= 4 is 23.4 Å². The number of aromatic nitrogens is 2. The third-order valence-electron chi connectivity index (χ3n) is 4.50. The first-order chi connectivity index (χ1) is 14.2. The molecule has 1 heterocycles. The van der Waals surface area contributed by atoms with Crippen LogP contribution in [0.2, 0.25) is 0 Å². The van der Waals surface area contributed by atoms with Crippen LogP contribution < -0.4 is 10.1 Å². The highest BCUT2D eigenvalue weighted by atomic mass is 32.2. The average molecular weight is 426 g/mol. The Balaban J connectivity index is 1.47. The Hall–Kier alpha value is -2.80. The summed E-state index contributed by atoms with van der Waals surface area (Å²) < 4.78 is 11.3. The van der Waals surface area contributed by atoms with Gasteiger partial charge in [0, 0.05) is 5.69 Å². The lowest BCUT2D eigenvalue weighted by atomic mass is 9.87. The van der Waals surface area contributed by atoms with Crippen LogP contribution in [-0.2, 0) is 16.8 Å². The molecular weight excluding hydrogens is 398 g/mol. The summed E-state index contributed by atoms with van der Waals surface area (Å²) in [5.74, 6) is 1.21. The molecule has 0 saturated heterocycles. The predicted molar refractivity (Wildman–Crippen MR) is 119 cm³/mol. The predicted octanol–water partition coefficient (Wildman–Crippen LogP) is 5.29. The molecule has 3 aromatic rings. The van der Waals surface area contributed by atoms with Crippen LogP contribution in [0.4, 0.5) is 5.69 Å². The van der Waals surface area contributed by atoms with E-state index in [1.165, 1.54) is 17.3 Å². The van der Waals surface area contributed by atoms with E-state index in [2.05, 4.69) is 36.3 Å². The third-order valence-corrected chi connectivity index (χ3v) is 5.32. The van der Waals surface area contributed by atoms with E-state index in [4.69, 9.17) is 9.15 Å². The molecule has 6 nitrogen and oxygen atoms in total. The standard InChI is InChI=1S/C23H27N3O3S/c1-15-6-7-16(2)19(12-15)28-13-21-25-26-22(29-21)30-14-20(27)24-18-10-8-17(9-11-18)23(3,4)5/h6-12H,13-14H2,1-5H3,(H,24,27). The van der Waals surface area contributed by atoms with Crippen molar-refractivity contribution < 1.29 is 13.9 Å². The molecule has 1 N–H and O–H groups in total. The first-order valence-corrected chi connectivity index (χ1v) is 10.7. The molecule has 3 rings (SSSR count). The van der Waals surface area contributed by atoms with E-state index in [-0.39, 0.29) is 23.7 Å². The minimum absolute atomic E-state index is 0.0792. The molecule has 0 aliphatic carbocycles. The minimum atomic E-state index is -0.130. The Morgan fingerprint density at radius 1 is 1.10 bits per heavy atom. The van der Waals surface area contributed by atoms with Crippen molar-refractivity contribution in [3.05, 3.63) is 65.0 Å². The normalized spacial score (nSPS) is 11.4. The third kappa shape index (κ3) is 6.10. The Morgan fingerprint density at radius 2 is 1.83 bits per heavy atom. The summed E-state index contributed by atoms with van der Waals surface area (Å²) >= 11 is 1.20. The maximum Gasteiger partial charge on any atom is 0.277 e. The number of benzene rings is 2. The Bertz CT molecular complexity index is 1010. The summed E-state index contributed by atoms with van der Waals surface area (Å²) in [4.78, 5) is 12.2. The van der Waals surface area contributed by atoms with Gasteiger partial charge in [-0.25, -0.2) is 0 Å². The number of hydrogen-bond acceptors (Lipinski definition) is 6. The molecule has 0 atom stereocenters. The van der Waals surface area contributed by atoms with Crippen molar-refractivity contribution in [3.63, 3.8) is 0 Å². The fourth-order valence-corrected chi connectivity index (χ4v) is 3.32. The Kier molecular flexibility index (Phi) is 6.82. The lowest BCUT2D eigenvalue weighted by Gasteiger charge is -2.19. The van der Waals surface area contributed by atoms with E-state index < -0.39 is 0 Å². The number of amides is 1. The fourth-order valence-electron chi connectivity index (χ4n) is 2.74. The number of thioether (sulfide) groups is 1. The monoisotopic (exact) mass is 425 g/mol. The summed E-state index contributed by atoms with van der Waals surface area (Å²) in [7, 11) is 0. The van der Waals surface area contributed by atoms with Crippen LogP contribution in [0.5, 0.6) is 5.75 Å². The van der Waals surface area contributed by atoms with E-state index in [1.807, 2.05) is 56.3 Å². The fraction of sp³-hybridized carbons (Fsp3) is 0.348. The zero-order chi connectivity index (χ0) is 21.7. The number of hydrogen-bond donors (Lipinski definition) is 1. The van der Waals surface area contributed by atoms with Crippen molar-refractivity contribution in [3.8, 4) is 5.75 Å². The van der Waals surface area contributed by atoms with Gasteiger partial charge in [0.1, 0.15) is 5.75 Å². The number of rotatable bonds is 7. The van der Waals surface area contributed by atoms with Crippen LogP contribution in [-0.4, -0.2) is 21.9 Å². The van der Waals surface area contributed by atoms with E-state index in [0.29, 0.717) is 11.1 Å². The highest BCUT2D eigenvalue weighted by molar-refractivity contribution is 7.99. The second-order valence-electron chi connectivity index (χ2n) is 8.18. The van der Waals surface area contributed by atoms with Crippen LogP contribution in [0.3, 0.4) is 0 Å². The second kappa shape index (κ2) is 9.34. The molecule has 0 bridgehead atoms. The highest BCUT2D eigenvalue weighted by Gasteiger charge is 2.14. The zero-order valence-corrected chi connectivity index (χ0v) is 18.8. The first-order valence-electron chi connectivity index (χ1n) is 9.76. The number of nitrogens with zero attached hydrogens (tertiary/aromatic N) is 2. The lowest BCUT2D eigenvalue weighted by Crippen LogP contribution is -2.15. The van der Waals surface area contributed by atoms with Gasteiger partial charge in [-0.15, -0.1) is 10.2 Å². The van der Waals surface area contributed by atoms with Crippen molar-refractivity contribution in [1.82, 2.24) is 10.2 Å². The molecule has 30 heavy (non-hydrogen) atoms. The molecule has 1 aromatic heterocycles. The van der Waals surface area contributed by atoms with Gasteiger partial charge >= 0.3 is 0 Å². The van der Waals surface area contributed by atoms with Crippen molar-refractivity contribution in [2.75, 3.05) is 11.1 Å². The summed E-state index contributed by atoms with van der Waals surface area (Å²) in [5.41, 5.74) is 4.23. The van der Waals surface area contributed by atoms with E-state index >= 15 is 0 Å². The zero-order valence-electron chi connectivity index (χ0n) is 18.0. The topological polar surface area (TPSA) is 77.2 Å². The van der Waals surface area contributed by atoms with Crippen LogP contribution in [0.1, 0.15) is 43.4 Å². The molecule has 158 valence electrons. The summed E-state index contributed by atoms with van der Waals surface area (Å²) in [6.45, 7) is 10.6. The number of carbonyl (C=O) groups excluding carboxylic acids is 1. The Morgan fingerprint density at radius 3 is 2.53 bits per heavy atom. The van der Waals surface area contributed by atoms with Gasteiger partial charge in [-0.3, -0.25) is 4.79 Å². The van der Waals surface area contributed by atoms with E-state index in [0.717, 1.165) is 22.6 Å². The van der Waals surface area contributed by atoms with Gasteiger partial charge in [0.2, 0.25) is 5.91 Å². The molecule has 0 fully saturated rings. The number of carbonyl (C=O) groups is 1. The van der Waals surface area contributed by atoms with Gasteiger partial charge in [0.05, 0.1) is 5.75 Å².